The Morgan fingerprint density at radius 2 is 1.93 bits per heavy atom. The molecule has 1 heterocycles. The van der Waals surface area contributed by atoms with Crippen molar-refractivity contribution in [2.45, 2.75) is 46.1 Å². The first-order valence-electron chi connectivity index (χ1n) is 9.80. The molecule has 3 aromatic rings. The van der Waals surface area contributed by atoms with Crippen molar-refractivity contribution < 1.29 is 9.32 Å². The Bertz CT molecular complexity index is 905. The lowest BCUT2D eigenvalue weighted by Crippen LogP contribution is -2.32. The fourth-order valence-electron chi connectivity index (χ4n) is 3.09. The minimum atomic E-state index is -0.292. The van der Waals surface area contributed by atoms with E-state index in [-0.39, 0.29) is 17.9 Å². The van der Waals surface area contributed by atoms with Crippen LogP contribution in [-0.4, -0.2) is 16.0 Å². The van der Waals surface area contributed by atoms with Crippen molar-refractivity contribution in [2.75, 3.05) is 0 Å². The molecule has 0 fully saturated rings. The van der Waals surface area contributed by atoms with Gasteiger partial charge in [0.1, 0.15) is 6.04 Å². The van der Waals surface area contributed by atoms with E-state index in [0.717, 1.165) is 23.1 Å². The quantitative estimate of drug-likeness (QED) is 0.607. The van der Waals surface area contributed by atoms with E-state index in [1.807, 2.05) is 61.5 Å². The van der Waals surface area contributed by atoms with Crippen LogP contribution in [0.5, 0.6) is 0 Å². The van der Waals surface area contributed by atoms with Crippen molar-refractivity contribution in [3.05, 3.63) is 71.6 Å². The molecule has 0 bridgehead atoms. The van der Waals surface area contributed by atoms with Gasteiger partial charge < -0.3 is 9.84 Å². The van der Waals surface area contributed by atoms with Gasteiger partial charge in [-0.1, -0.05) is 79.5 Å². The number of rotatable bonds is 8. The van der Waals surface area contributed by atoms with Gasteiger partial charge in [-0.15, -0.1) is 0 Å². The number of nitrogens with one attached hydrogen (secondary N) is 1. The van der Waals surface area contributed by atoms with Crippen LogP contribution in [0.15, 0.2) is 59.1 Å². The van der Waals surface area contributed by atoms with Crippen molar-refractivity contribution in [3.8, 4) is 11.4 Å². The molecule has 2 unspecified atom stereocenters. The monoisotopic (exact) mass is 377 g/mol. The third-order valence-electron chi connectivity index (χ3n) is 5.00. The van der Waals surface area contributed by atoms with Gasteiger partial charge in [-0.25, -0.2) is 0 Å². The number of carbonyl (C=O) groups is 1. The average molecular weight is 377 g/mol. The second-order valence-corrected chi connectivity index (χ2v) is 7.24. The minimum Gasteiger partial charge on any atom is -0.344 e. The third kappa shape index (κ3) is 5.06. The van der Waals surface area contributed by atoms with Gasteiger partial charge in [0.05, 0.1) is 0 Å². The predicted molar refractivity (Wildman–Crippen MR) is 110 cm³/mol. The zero-order valence-corrected chi connectivity index (χ0v) is 16.7. The summed E-state index contributed by atoms with van der Waals surface area (Å²) in [5.41, 5.74) is 3.20. The summed E-state index contributed by atoms with van der Waals surface area (Å²) in [5, 5.41) is 7.22. The van der Waals surface area contributed by atoms with Crippen LogP contribution in [0.2, 0.25) is 0 Å². The molecule has 0 saturated heterocycles. The molecule has 146 valence electrons. The van der Waals surface area contributed by atoms with Crippen LogP contribution in [0.3, 0.4) is 0 Å². The Kier molecular flexibility index (Phi) is 6.58. The Morgan fingerprint density at radius 1 is 1.14 bits per heavy atom. The maximum absolute atomic E-state index is 12.5. The standard InChI is InChI=1S/C23H27N3O2/c1-4-17(3)21(24-20(27)14-13-18-10-6-5-7-11-18)23-25-22(26-28-23)19-12-8-9-16(2)15-19/h5-12,15,17,21H,4,13-14H2,1-3H3,(H,24,27). The molecule has 0 saturated carbocycles. The molecule has 0 aliphatic heterocycles. The van der Waals surface area contributed by atoms with Gasteiger partial charge in [-0.3, -0.25) is 4.79 Å². The molecule has 0 aliphatic rings. The van der Waals surface area contributed by atoms with Crippen LogP contribution < -0.4 is 5.32 Å². The van der Waals surface area contributed by atoms with Gasteiger partial charge in [-0.2, -0.15) is 4.98 Å². The number of carbonyl (C=O) groups excluding carboxylic acids is 1. The predicted octanol–water partition coefficient (Wildman–Crippen LogP) is 4.88. The number of aryl methyl sites for hydroxylation is 2. The largest absolute Gasteiger partial charge is 0.344 e. The summed E-state index contributed by atoms with van der Waals surface area (Å²) >= 11 is 0. The van der Waals surface area contributed by atoms with Gasteiger partial charge in [0.2, 0.25) is 17.6 Å². The van der Waals surface area contributed by atoms with E-state index < -0.39 is 0 Å². The summed E-state index contributed by atoms with van der Waals surface area (Å²) in [6.45, 7) is 6.20. The second-order valence-electron chi connectivity index (χ2n) is 7.24. The van der Waals surface area contributed by atoms with Crippen LogP contribution in [0.25, 0.3) is 11.4 Å². The Balaban J connectivity index is 1.71. The van der Waals surface area contributed by atoms with Gasteiger partial charge in [0.25, 0.3) is 0 Å². The van der Waals surface area contributed by atoms with Crippen LogP contribution in [0.1, 0.15) is 49.7 Å². The molecule has 1 aromatic heterocycles. The van der Waals surface area contributed by atoms with E-state index in [0.29, 0.717) is 24.6 Å². The maximum Gasteiger partial charge on any atom is 0.249 e. The molecule has 0 radical (unpaired) electrons. The number of aromatic nitrogens is 2. The number of hydrogen-bond acceptors (Lipinski definition) is 4. The Morgan fingerprint density at radius 3 is 2.64 bits per heavy atom. The minimum absolute atomic E-state index is 0.00976. The van der Waals surface area contributed by atoms with Gasteiger partial charge in [-0.05, 0) is 30.9 Å². The molecule has 1 N–H and O–H groups in total. The van der Waals surface area contributed by atoms with Crippen LogP contribution >= 0.6 is 0 Å². The first kappa shape index (κ1) is 19.8. The van der Waals surface area contributed by atoms with Crippen LogP contribution in [0.4, 0.5) is 0 Å². The van der Waals surface area contributed by atoms with Gasteiger partial charge in [0.15, 0.2) is 0 Å². The molecule has 28 heavy (non-hydrogen) atoms. The highest BCUT2D eigenvalue weighted by molar-refractivity contribution is 5.76. The van der Waals surface area contributed by atoms with Gasteiger partial charge in [0, 0.05) is 12.0 Å². The first-order valence-corrected chi connectivity index (χ1v) is 9.80. The molecule has 2 atom stereocenters. The summed E-state index contributed by atoms with van der Waals surface area (Å²) in [5.74, 6) is 1.18. The topological polar surface area (TPSA) is 68.0 Å². The Hall–Kier alpha value is -2.95. The molecule has 5 heteroatoms. The normalized spacial score (nSPS) is 13.1. The molecule has 5 nitrogen and oxygen atoms in total. The second kappa shape index (κ2) is 9.31. The molecule has 0 aliphatic carbocycles. The first-order chi connectivity index (χ1) is 13.6. The van der Waals surface area contributed by atoms with E-state index >= 15 is 0 Å². The fourth-order valence-corrected chi connectivity index (χ4v) is 3.09. The summed E-state index contributed by atoms with van der Waals surface area (Å²) in [6.07, 6.45) is 2.03. The molecular formula is C23H27N3O2. The molecule has 3 rings (SSSR count). The Labute approximate surface area is 166 Å². The highest BCUT2D eigenvalue weighted by Gasteiger charge is 2.26. The zero-order chi connectivity index (χ0) is 19.9. The summed E-state index contributed by atoms with van der Waals surface area (Å²) in [7, 11) is 0. The van der Waals surface area contributed by atoms with Crippen molar-refractivity contribution in [2.24, 2.45) is 5.92 Å². The van der Waals surface area contributed by atoms with E-state index in [4.69, 9.17) is 4.52 Å². The molecule has 0 spiro atoms. The summed E-state index contributed by atoms with van der Waals surface area (Å²) in [6, 6.07) is 17.7. The van der Waals surface area contributed by atoms with Crippen molar-refractivity contribution in [1.29, 1.82) is 0 Å². The number of hydrogen-bond donors (Lipinski definition) is 1. The summed E-state index contributed by atoms with van der Waals surface area (Å²) in [4.78, 5) is 17.1. The lowest BCUT2D eigenvalue weighted by molar-refractivity contribution is -0.122. The lowest BCUT2D eigenvalue weighted by Gasteiger charge is -2.20. The molecule has 2 aromatic carbocycles. The molecule has 1 amide bonds. The zero-order valence-electron chi connectivity index (χ0n) is 16.7. The lowest BCUT2D eigenvalue weighted by atomic mass is 9.98. The highest BCUT2D eigenvalue weighted by atomic mass is 16.5. The number of nitrogens with zero attached hydrogens (tertiary/aromatic N) is 2. The summed E-state index contributed by atoms with van der Waals surface area (Å²) < 4.78 is 5.53. The maximum atomic E-state index is 12.5. The average Bonchev–Trinajstić information content (AvgIpc) is 3.20. The van der Waals surface area contributed by atoms with Crippen LogP contribution in [0, 0.1) is 12.8 Å². The van der Waals surface area contributed by atoms with Crippen molar-refractivity contribution in [3.63, 3.8) is 0 Å². The fraction of sp³-hybridized carbons (Fsp3) is 0.348. The van der Waals surface area contributed by atoms with Crippen molar-refractivity contribution >= 4 is 5.91 Å². The van der Waals surface area contributed by atoms with E-state index in [2.05, 4.69) is 29.3 Å². The highest BCUT2D eigenvalue weighted by Crippen LogP contribution is 2.26. The van der Waals surface area contributed by atoms with Gasteiger partial charge >= 0.3 is 0 Å². The van der Waals surface area contributed by atoms with E-state index in [1.165, 1.54) is 0 Å². The molecular weight excluding hydrogens is 350 g/mol. The van der Waals surface area contributed by atoms with E-state index in [9.17, 15) is 4.79 Å². The van der Waals surface area contributed by atoms with E-state index in [1.54, 1.807) is 0 Å². The smallest absolute Gasteiger partial charge is 0.249 e. The van der Waals surface area contributed by atoms with Crippen molar-refractivity contribution in [1.82, 2.24) is 15.5 Å². The SMILES string of the molecule is CCC(C)C(NC(=O)CCc1ccccc1)c1nc(-c2cccc(C)c2)no1. The number of amides is 1. The van der Waals surface area contributed by atoms with Crippen LogP contribution in [-0.2, 0) is 11.2 Å². The number of benzene rings is 2. The third-order valence-corrected chi connectivity index (χ3v) is 5.00.